The van der Waals surface area contributed by atoms with Crippen molar-refractivity contribution < 1.29 is 4.74 Å². The molecule has 16 heavy (non-hydrogen) atoms. The topological polar surface area (TPSA) is 24.5 Å². The standard InChI is InChI=1S/C13H28N2O/c1-4-13(2,3)5-6-14-7-8-15-9-11-16-12-10-15/h14H,4-12H2,1-3H3. The van der Waals surface area contributed by atoms with Gasteiger partial charge < -0.3 is 10.1 Å². The maximum Gasteiger partial charge on any atom is 0.0594 e. The second kappa shape index (κ2) is 7.25. The van der Waals surface area contributed by atoms with Crippen LogP contribution in [0.25, 0.3) is 0 Å². The molecule has 0 aliphatic carbocycles. The molecule has 0 spiro atoms. The van der Waals surface area contributed by atoms with Crippen molar-refractivity contribution in [3.63, 3.8) is 0 Å². The average molecular weight is 228 g/mol. The Hall–Kier alpha value is -0.120. The highest BCUT2D eigenvalue weighted by Gasteiger charge is 2.14. The van der Waals surface area contributed by atoms with Crippen molar-refractivity contribution in [3.05, 3.63) is 0 Å². The summed E-state index contributed by atoms with van der Waals surface area (Å²) in [5.41, 5.74) is 0.492. The van der Waals surface area contributed by atoms with Crippen LogP contribution in [0.4, 0.5) is 0 Å². The molecule has 1 aliphatic heterocycles. The quantitative estimate of drug-likeness (QED) is 0.672. The number of morpholine rings is 1. The van der Waals surface area contributed by atoms with E-state index in [4.69, 9.17) is 4.74 Å². The number of nitrogens with zero attached hydrogens (tertiary/aromatic N) is 1. The van der Waals surface area contributed by atoms with Gasteiger partial charge in [-0.05, 0) is 18.4 Å². The van der Waals surface area contributed by atoms with Crippen LogP contribution in [-0.2, 0) is 4.74 Å². The van der Waals surface area contributed by atoms with Crippen LogP contribution in [0.5, 0.6) is 0 Å². The summed E-state index contributed by atoms with van der Waals surface area (Å²) in [6, 6.07) is 0. The molecule has 0 amide bonds. The van der Waals surface area contributed by atoms with Crippen LogP contribution in [-0.4, -0.2) is 50.8 Å². The molecule has 0 atom stereocenters. The van der Waals surface area contributed by atoms with Crippen molar-refractivity contribution in [2.45, 2.75) is 33.6 Å². The van der Waals surface area contributed by atoms with Crippen LogP contribution >= 0.6 is 0 Å². The molecule has 96 valence electrons. The first-order valence-electron chi connectivity index (χ1n) is 6.65. The van der Waals surface area contributed by atoms with Crippen LogP contribution in [0.3, 0.4) is 0 Å². The summed E-state index contributed by atoms with van der Waals surface area (Å²) in [4.78, 5) is 2.47. The van der Waals surface area contributed by atoms with E-state index in [-0.39, 0.29) is 0 Å². The largest absolute Gasteiger partial charge is 0.379 e. The molecule has 1 fully saturated rings. The van der Waals surface area contributed by atoms with E-state index in [9.17, 15) is 0 Å². The van der Waals surface area contributed by atoms with Gasteiger partial charge in [-0.1, -0.05) is 27.2 Å². The van der Waals surface area contributed by atoms with E-state index in [0.29, 0.717) is 5.41 Å². The van der Waals surface area contributed by atoms with Crippen LogP contribution in [0.1, 0.15) is 33.6 Å². The summed E-state index contributed by atoms with van der Waals surface area (Å²) in [7, 11) is 0. The van der Waals surface area contributed by atoms with E-state index in [1.807, 2.05) is 0 Å². The Balaban J connectivity index is 1.95. The summed E-state index contributed by atoms with van der Waals surface area (Å²) in [6.07, 6.45) is 2.53. The third-order valence-corrected chi connectivity index (χ3v) is 3.64. The summed E-state index contributed by atoms with van der Waals surface area (Å²) >= 11 is 0. The zero-order chi connectivity index (χ0) is 11.9. The van der Waals surface area contributed by atoms with Gasteiger partial charge in [-0.3, -0.25) is 4.90 Å². The number of hydrogen-bond donors (Lipinski definition) is 1. The maximum absolute atomic E-state index is 5.32. The number of hydrogen-bond acceptors (Lipinski definition) is 3. The molecule has 1 N–H and O–H groups in total. The van der Waals surface area contributed by atoms with Crippen molar-refractivity contribution in [1.82, 2.24) is 10.2 Å². The van der Waals surface area contributed by atoms with Gasteiger partial charge in [0.25, 0.3) is 0 Å². The molecule has 1 saturated heterocycles. The van der Waals surface area contributed by atoms with Gasteiger partial charge >= 0.3 is 0 Å². The third-order valence-electron chi connectivity index (χ3n) is 3.64. The Kier molecular flexibility index (Phi) is 6.32. The minimum atomic E-state index is 0.492. The number of rotatable bonds is 7. The zero-order valence-corrected chi connectivity index (χ0v) is 11.2. The third kappa shape index (κ3) is 5.83. The van der Waals surface area contributed by atoms with E-state index in [0.717, 1.165) is 45.9 Å². The van der Waals surface area contributed by atoms with Crippen molar-refractivity contribution in [2.75, 3.05) is 45.9 Å². The summed E-state index contributed by atoms with van der Waals surface area (Å²) in [5.74, 6) is 0. The lowest BCUT2D eigenvalue weighted by molar-refractivity contribution is 0.0384. The van der Waals surface area contributed by atoms with Gasteiger partial charge in [0.15, 0.2) is 0 Å². The SMILES string of the molecule is CCC(C)(C)CCNCCN1CCOCC1. The molecule has 1 heterocycles. The molecule has 0 aromatic carbocycles. The molecule has 0 aromatic rings. The van der Waals surface area contributed by atoms with Gasteiger partial charge in [-0.2, -0.15) is 0 Å². The highest BCUT2D eigenvalue weighted by molar-refractivity contribution is 4.68. The predicted molar refractivity (Wildman–Crippen MR) is 68.8 cm³/mol. The number of ether oxygens (including phenoxy) is 1. The molecule has 0 aromatic heterocycles. The smallest absolute Gasteiger partial charge is 0.0594 e. The fraction of sp³-hybridized carbons (Fsp3) is 1.00. The molecule has 3 nitrogen and oxygen atoms in total. The normalized spacial score (nSPS) is 18.9. The van der Waals surface area contributed by atoms with Gasteiger partial charge in [0.2, 0.25) is 0 Å². The second-order valence-electron chi connectivity index (χ2n) is 5.47. The van der Waals surface area contributed by atoms with E-state index >= 15 is 0 Å². The zero-order valence-electron chi connectivity index (χ0n) is 11.2. The average Bonchev–Trinajstić information content (AvgIpc) is 2.30. The van der Waals surface area contributed by atoms with E-state index in [1.165, 1.54) is 12.8 Å². The van der Waals surface area contributed by atoms with Crippen molar-refractivity contribution in [1.29, 1.82) is 0 Å². The first kappa shape index (κ1) is 13.9. The maximum atomic E-state index is 5.32. The minimum Gasteiger partial charge on any atom is -0.379 e. The Labute approximate surface area is 101 Å². The number of nitrogens with one attached hydrogen (secondary N) is 1. The lowest BCUT2D eigenvalue weighted by Crippen LogP contribution is -2.40. The second-order valence-corrected chi connectivity index (χ2v) is 5.47. The van der Waals surface area contributed by atoms with E-state index < -0.39 is 0 Å². The fourth-order valence-corrected chi connectivity index (χ4v) is 1.79. The van der Waals surface area contributed by atoms with Crippen LogP contribution in [0.15, 0.2) is 0 Å². The summed E-state index contributed by atoms with van der Waals surface area (Å²) < 4.78 is 5.32. The molecular formula is C13H28N2O. The Bertz CT molecular complexity index is 177. The van der Waals surface area contributed by atoms with Gasteiger partial charge in [0.1, 0.15) is 0 Å². The highest BCUT2D eigenvalue weighted by atomic mass is 16.5. The van der Waals surface area contributed by atoms with Crippen LogP contribution < -0.4 is 5.32 Å². The van der Waals surface area contributed by atoms with Gasteiger partial charge in [0.05, 0.1) is 13.2 Å². The van der Waals surface area contributed by atoms with Gasteiger partial charge in [-0.25, -0.2) is 0 Å². The van der Waals surface area contributed by atoms with Crippen LogP contribution in [0, 0.1) is 5.41 Å². The predicted octanol–water partition coefficient (Wildman–Crippen LogP) is 1.73. The van der Waals surface area contributed by atoms with E-state index in [1.54, 1.807) is 0 Å². The Morgan fingerprint density at radius 1 is 1.19 bits per heavy atom. The van der Waals surface area contributed by atoms with Crippen molar-refractivity contribution in [2.24, 2.45) is 5.41 Å². The molecular weight excluding hydrogens is 200 g/mol. The lowest BCUT2D eigenvalue weighted by Gasteiger charge is -2.27. The Morgan fingerprint density at radius 2 is 1.88 bits per heavy atom. The molecule has 0 bridgehead atoms. The fourth-order valence-electron chi connectivity index (χ4n) is 1.79. The first-order valence-corrected chi connectivity index (χ1v) is 6.65. The summed E-state index contributed by atoms with van der Waals surface area (Å²) in [5, 5.41) is 3.54. The highest BCUT2D eigenvalue weighted by Crippen LogP contribution is 2.23. The monoisotopic (exact) mass is 228 g/mol. The minimum absolute atomic E-state index is 0.492. The molecule has 0 radical (unpaired) electrons. The lowest BCUT2D eigenvalue weighted by atomic mass is 9.87. The molecule has 0 unspecified atom stereocenters. The molecule has 1 rings (SSSR count). The first-order chi connectivity index (χ1) is 7.64. The molecule has 1 aliphatic rings. The van der Waals surface area contributed by atoms with Gasteiger partial charge in [-0.15, -0.1) is 0 Å². The van der Waals surface area contributed by atoms with E-state index in [2.05, 4.69) is 31.0 Å². The molecule has 0 saturated carbocycles. The molecule has 3 heteroatoms. The van der Waals surface area contributed by atoms with Crippen molar-refractivity contribution in [3.8, 4) is 0 Å². The Morgan fingerprint density at radius 3 is 2.50 bits per heavy atom. The van der Waals surface area contributed by atoms with Crippen molar-refractivity contribution >= 4 is 0 Å². The van der Waals surface area contributed by atoms with Gasteiger partial charge in [0, 0.05) is 26.2 Å². The summed E-state index contributed by atoms with van der Waals surface area (Å²) in [6.45, 7) is 14.4. The van der Waals surface area contributed by atoms with Crippen LogP contribution in [0.2, 0.25) is 0 Å².